The van der Waals surface area contributed by atoms with E-state index < -0.39 is 0 Å². The number of esters is 1. The third-order valence-electron chi connectivity index (χ3n) is 3.85. The lowest BCUT2D eigenvalue weighted by Crippen LogP contribution is -2.47. The van der Waals surface area contributed by atoms with E-state index in [0.717, 1.165) is 38.4 Å². The van der Waals surface area contributed by atoms with E-state index in [2.05, 4.69) is 9.80 Å². The van der Waals surface area contributed by atoms with Crippen molar-refractivity contribution >= 4 is 23.8 Å². The maximum Gasteiger partial charge on any atom is 0.338 e. The lowest BCUT2D eigenvalue weighted by atomic mass is 10.1. The summed E-state index contributed by atoms with van der Waals surface area (Å²) in [7, 11) is 0. The van der Waals surface area contributed by atoms with Crippen LogP contribution in [0.1, 0.15) is 17.3 Å². The molecule has 0 amide bonds. The van der Waals surface area contributed by atoms with Crippen molar-refractivity contribution in [2.75, 3.05) is 56.6 Å². The largest absolute Gasteiger partial charge is 0.467 e. The summed E-state index contributed by atoms with van der Waals surface area (Å²) in [6.45, 7) is 7.17. The van der Waals surface area contributed by atoms with Crippen LogP contribution in [0.15, 0.2) is 18.2 Å². The van der Waals surface area contributed by atoms with Crippen LogP contribution in [0.3, 0.4) is 0 Å². The third-order valence-corrected chi connectivity index (χ3v) is 3.85. The molecule has 0 radical (unpaired) electrons. The highest BCUT2D eigenvalue weighted by Crippen LogP contribution is 2.25. The number of carbonyl (C=O) groups excluding carboxylic acids is 2. The Hall–Kier alpha value is -2.28. The minimum absolute atomic E-state index is 0.344. The van der Waals surface area contributed by atoms with Gasteiger partial charge >= 0.3 is 5.97 Å². The minimum atomic E-state index is -0.356. The number of ether oxygens (including phenoxy) is 2. The van der Waals surface area contributed by atoms with Crippen molar-refractivity contribution in [3.8, 4) is 0 Å². The molecule has 126 valence electrons. The summed E-state index contributed by atoms with van der Waals surface area (Å²) in [5, 5.41) is 0. The number of nitrogen functional groups attached to an aromatic ring is 1. The quantitative estimate of drug-likeness (QED) is 0.343. The molecule has 0 atom stereocenters. The standard InChI is InChI=1S/C16H23N3O4/c1-2-23-16(21)13-3-4-15(14(17)11-13)19-7-5-18(6-8-19)9-10-22-12-20/h3-4,11-12H,2,5-10,17H2,1H3. The van der Waals surface area contributed by atoms with Gasteiger partial charge < -0.3 is 20.1 Å². The number of piperazine rings is 1. The molecule has 0 bridgehead atoms. The maximum atomic E-state index is 11.7. The Labute approximate surface area is 135 Å². The van der Waals surface area contributed by atoms with E-state index in [1.165, 1.54) is 0 Å². The van der Waals surface area contributed by atoms with Gasteiger partial charge in [-0.15, -0.1) is 0 Å². The topological polar surface area (TPSA) is 85.1 Å². The van der Waals surface area contributed by atoms with Crippen LogP contribution in [-0.2, 0) is 14.3 Å². The highest BCUT2D eigenvalue weighted by Gasteiger charge is 2.19. The van der Waals surface area contributed by atoms with E-state index >= 15 is 0 Å². The lowest BCUT2D eigenvalue weighted by Gasteiger charge is -2.36. The molecule has 1 heterocycles. The molecule has 0 aromatic heterocycles. The zero-order valence-electron chi connectivity index (χ0n) is 13.4. The smallest absolute Gasteiger partial charge is 0.338 e. The predicted octanol–water partition coefficient (Wildman–Crippen LogP) is 0.741. The second kappa shape index (κ2) is 8.38. The monoisotopic (exact) mass is 321 g/mol. The lowest BCUT2D eigenvalue weighted by molar-refractivity contribution is -0.129. The molecular formula is C16H23N3O4. The van der Waals surface area contributed by atoms with Gasteiger partial charge in [0.2, 0.25) is 0 Å². The summed E-state index contributed by atoms with van der Waals surface area (Å²) in [6, 6.07) is 5.28. The molecule has 0 unspecified atom stereocenters. The van der Waals surface area contributed by atoms with Crippen LogP contribution < -0.4 is 10.6 Å². The molecule has 1 aliphatic heterocycles. The number of anilines is 2. The van der Waals surface area contributed by atoms with Crippen LogP contribution in [-0.4, -0.2) is 63.3 Å². The summed E-state index contributed by atoms with van der Waals surface area (Å²) in [5.74, 6) is -0.356. The fraction of sp³-hybridized carbons (Fsp3) is 0.500. The van der Waals surface area contributed by atoms with Crippen LogP contribution >= 0.6 is 0 Å². The molecule has 0 spiro atoms. The fourth-order valence-electron chi connectivity index (χ4n) is 2.63. The molecule has 23 heavy (non-hydrogen) atoms. The minimum Gasteiger partial charge on any atom is -0.467 e. The van der Waals surface area contributed by atoms with E-state index in [4.69, 9.17) is 15.2 Å². The fourth-order valence-corrected chi connectivity index (χ4v) is 2.63. The number of nitrogens with zero attached hydrogens (tertiary/aromatic N) is 2. The molecule has 0 saturated carbocycles. The summed E-state index contributed by atoms with van der Waals surface area (Å²) in [6.07, 6.45) is 0. The second-order valence-corrected chi connectivity index (χ2v) is 5.29. The molecule has 1 saturated heterocycles. The van der Waals surface area contributed by atoms with E-state index in [-0.39, 0.29) is 5.97 Å². The van der Waals surface area contributed by atoms with Crippen molar-refractivity contribution in [1.29, 1.82) is 0 Å². The number of rotatable bonds is 7. The van der Waals surface area contributed by atoms with Crippen molar-refractivity contribution in [3.05, 3.63) is 23.8 Å². The molecule has 1 fully saturated rings. The van der Waals surface area contributed by atoms with Gasteiger partial charge in [0.15, 0.2) is 0 Å². The Morgan fingerprint density at radius 2 is 2.04 bits per heavy atom. The van der Waals surface area contributed by atoms with Gasteiger partial charge in [-0.05, 0) is 25.1 Å². The van der Waals surface area contributed by atoms with Gasteiger partial charge in [0.25, 0.3) is 6.47 Å². The Bertz CT molecular complexity index is 542. The molecule has 2 N–H and O–H groups in total. The van der Waals surface area contributed by atoms with Crippen LogP contribution in [0, 0.1) is 0 Å². The van der Waals surface area contributed by atoms with E-state index in [0.29, 0.717) is 30.9 Å². The number of nitrogens with two attached hydrogens (primary N) is 1. The van der Waals surface area contributed by atoms with E-state index in [1.54, 1.807) is 19.1 Å². The van der Waals surface area contributed by atoms with Gasteiger partial charge in [-0.2, -0.15) is 0 Å². The van der Waals surface area contributed by atoms with Crippen molar-refractivity contribution in [3.63, 3.8) is 0 Å². The highest BCUT2D eigenvalue weighted by molar-refractivity contribution is 5.92. The first-order valence-corrected chi connectivity index (χ1v) is 7.75. The first-order valence-electron chi connectivity index (χ1n) is 7.75. The number of hydrogen-bond acceptors (Lipinski definition) is 7. The normalized spacial score (nSPS) is 15.3. The Morgan fingerprint density at radius 1 is 1.30 bits per heavy atom. The van der Waals surface area contributed by atoms with Crippen LogP contribution in [0.4, 0.5) is 11.4 Å². The average Bonchev–Trinajstić information content (AvgIpc) is 2.56. The predicted molar refractivity (Wildman–Crippen MR) is 87.5 cm³/mol. The zero-order valence-corrected chi connectivity index (χ0v) is 13.4. The summed E-state index contributed by atoms with van der Waals surface area (Å²) < 4.78 is 9.70. The molecule has 1 aliphatic rings. The molecule has 7 heteroatoms. The van der Waals surface area contributed by atoms with Gasteiger partial charge in [0, 0.05) is 32.7 Å². The summed E-state index contributed by atoms with van der Waals surface area (Å²) >= 11 is 0. The molecular weight excluding hydrogens is 298 g/mol. The van der Waals surface area contributed by atoms with E-state index in [1.807, 2.05) is 6.07 Å². The first kappa shape index (κ1) is 17.1. The second-order valence-electron chi connectivity index (χ2n) is 5.29. The van der Waals surface area contributed by atoms with Crippen molar-refractivity contribution in [2.45, 2.75) is 6.92 Å². The van der Waals surface area contributed by atoms with Crippen LogP contribution in [0.2, 0.25) is 0 Å². The molecule has 1 aromatic carbocycles. The van der Waals surface area contributed by atoms with Crippen LogP contribution in [0.5, 0.6) is 0 Å². The first-order chi connectivity index (χ1) is 11.2. The molecule has 0 aliphatic carbocycles. The van der Waals surface area contributed by atoms with Crippen molar-refractivity contribution < 1.29 is 19.1 Å². The van der Waals surface area contributed by atoms with Crippen LogP contribution in [0.25, 0.3) is 0 Å². The Balaban J connectivity index is 1.93. The summed E-state index contributed by atoms with van der Waals surface area (Å²) in [5.41, 5.74) is 8.08. The Kier molecular flexibility index (Phi) is 6.22. The average molecular weight is 321 g/mol. The molecule has 1 aromatic rings. The third kappa shape index (κ3) is 4.59. The van der Waals surface area contributed by atoms with Gasteiger partial charge in [-0.25, -0.2) is 4.79 Å². The number of hydrogen-bond donors (Lipinski definition) is 1. The van der Waals surface area contributed by atoms with E-state index in [9.17, 15) is 9.59 Å². The zero-order chi connectivity index (χ0) is 16.7. The molecule has 7 nitrogen and oxygen atoms in total. The Morgan fingerprint density at radius 3 is 2.65 bits per heavy atom. The SMILES string of the molecule is CCOC(=O)c1ccc(N2CCN(CCOC=O)CC2)c(N)c1. The molecule has 2 rings (SSSR count). The van der Waals surface area contributed by atoms with Gasteiger partial charge in [0.1, 0.15) is 6.61 Å². The van der Waals surface area contributed by atoms with Gasteiger partial charge in [-0.1, -0.05) is 0 Å². The highest BCUT2D eigenvalue weighted by atomic mass is 16.5. The van der Waals surface area contributed by atoms with Gasteiger partial charge in [0.05, 0.1) is 23.5 Å². The number of carbonyl (C=O) groups is 2. The van der Waals surface area contributed by atoms with Crippen molar-refractivity contribution in [2.24, 2.45) is 0 Å². The summed E-state index contributed by atoms with van der Waals surface area (Å²) in [4.78, 5) is 26.3. The maximum absolute atomic E-state index is 11.7. The van der Waals surface area contributed by atoms with Crippen molar-refractivity contribution in [1.82, 2.24) is 4.90 Å². The van der Waals surface area contributed by atoms with Gasteiger partial charge in [-0.3, -0.25) is 9.69 Å². The number of benzene rings is 1.